The first-order valence-corrected chi connectivity index (χ1v) is 10.1. The zero-order valence-corrected chi connectivity index (χ0v) is 17.3. The van der Waals surface area contributed by atoms with Crippen LogP contribution in [0.2, 0.25) is 0 Å². The largest absolute Gasteiger partial charge is 0.507 e. The van der Waals surface area contributed by atoms with Crippen molar-refractivity contribution in [1.82, 2.24) is 4.98 Å². The van der Waals surface area contributed by atoms with Crippen molar-refractivity contribution in [3.05, 3.63) is 101 Å². The fraction of sp³-hybridized carbons (Fsp3) is 0.120. The van der Waals surface area contributed by atoms with E-state index in [2.05, 4.69) is 4.98 Å². The van der Waals surface area contributed by atoms with Crippen LogP contribution >= 0.6 is 0 Å². The number of aliphatic hydroxyl groups is 1. The van der Waals surface area contributed by atoms with E-state index in [0.717, 1.165) is 0 Å². The van der Waals surface area contributed by atoms with Crippen LogP contribution in [0.3, 0.4) is 0 Å². The minimum Gasteiger partial charge on any atom is -0.507 e. The van der Waals surface area contributed by atoms with Gasteiger partial charge in [0.2, 0.25) is 0 Å². The molecule has 4 rings (SSSR count). The van der Waals surface area contributed by atoms with Crippen molar-refractivity contribution in [2.45, 2.75) is 13.0 Å². The Hall–Kier alpha value is -4.26. The molecule has 160 valence electrons. The van der Waals surface area contributed by atoms with E-state index in [-0.39, 0.29) is 17.9 Å². The van der Waals surface area contributed by atoms with Crippen molar-refractivity contribution in [2.75, 3.05) is 11.5 Å². The van der Waals surface area contributed by atoms with Gasteiger partial charge < -0.3 is 9.84 Å². The summed E-state index contributed by atoms with van der Waals surface area (Å²) in [5, 5.41) is 11.0. The van der Waals surface area contributed by atoms with E-state index in [4.69, 9.17) is 4.74 Å². The minimum absolute atomic E-state index is 0.0244. The number of amides is 1. The Balaban J connectivity index is 1.84. The van der Waals surface area contributed by atoms with E-state index in [1.54, 1.807) is 61.7 Å². The summed E-state index contributed by atoms with van der Waals surface area (Å²) in [6.45, 7) is 1.96. The molecular formula is C25H20N2O5. The maximum atomic E-state index is 13.1. The second-order valence-corrected chi connectivity index (χ2v) is 7.09. The molecule has 1 amide bonds. The van der Waals surface area contributed by atoms with E-state index in [9.17, 15) is 19.5 Å². The lowest BCUT2D eigenvalue weighted by Crippen LogP contribution is -2.29. The number of hydrogen-bond acceptors (Lipinski definition) is 6. The molecule has 2 heterocycles. The molecule has 32 heavy (non-hydrogen) atoms. The predicted octanol–water partition coefficient (Wildman–Crippen LogP) is 3.88. The van der Waals surface area contributed by atoms with Gasteiger partial charge in [0.05, 0.1) is 23.8 Å². The summed E-state index contributed by atoms with van der Waals surface area (Å²) >= 11 is 0. The molecule has 0 bridgehead atoms. The van der Waals surface area contributed by atoms with Gasteiger partial charge in [-0.3, -0.25) is 19.5 Å². The average molecular weight is 428 g/mol. The number of aromatic nitrogens is 1. The molecule has 1 aromatic heterocycles. The zero-order chi connectivity index (χ0) is 22.7. The number of carbonyl (C=O) groups is 3. The van der Waals surface area contributed by atoms with Gasteiger partial charge in [0.15, 0.2) is 0 Å². The molecule has 0 radical (unpaired) electrons. The van der Waals surface area contributed by atoms with Gasteiger partial charge >= 0.3 is 5.97 Å². The highest BCUT2D eigenvalue weighted by Gasteiger charge is 2.46. The molecule has 1 atom stereocenters. The van der Waals surface area contributed by atoms with Gasteiger partial charge in [-0.05, 0) is 48.9 Å². The Labute approximate surface area is 184 Å². The quantitative estimate of drug-likeness (QED) is 0.287. The van der Waals surface area contributed by atoms with Crippen LogP contribution in [0.1, 0.15) is 34.5 Å². The molecule has 2 aromatic carbocycles. The first-order chi connectivity index (χ1) is 15.5. The van der Waals surface area contributed by atoms with Crippen molar-refractivity contribution in [2.24, 2.45) is 0 Å². The average Bonchev–Trinajstić information content (AvgIpc) is 3.10. The number of aliphatic hydroxyl groups excluding tert-OH is 1. The first-order valence-electron chi connectivity index (χ1n) is 10.1. The molecule has 1 N–H and O–H groups in total. The lowest BCUT2D eigenvalue weighted by Gasteiger charge is -2.25. The maximum absolute atomic E-state index is 13.1. The number of nitrogens with zero attached hydrogens (tertiary/aromatic N) is 2. The number of rotatable bonds is 5. The third-order valence-corrected chi connectivity index (χ3v) is 5.15. The number of Topliss-reactive ketones (excluding diaryl/α,β-unsaturated/α-hetero) is 1. The molecule has 1 unspecified atom stereocenters. The summed E-state index contributed by atoms with van der Waals surface area (Å²) in [7, 11) is 0. The van der Waals surface area contributed by atoms with Crippen LogP contribution in [0.5, 0.6) is 0 Å². The predicted molar refractivity (Wildman–Crippen MR) is 118 cm³/mol. The number of ketones is 1. The topological polar surface area (TPSA) is 96.8 Å². The van der Waals surface area contributed by atoms with Crippen molar-refractivity contribution in [3.8, 4) is 0 Å². The summed E-state index contributed by atoms with van der Waals surface area (Å²) in [6.07, 6.45) is 2.98. The molecule has 1 aliphatic rings. The van der Waals surface area contributed by atoms with E-state index in [0.29, 0.717) is 22.4 Å². The highest BCUT2D eigenvalue weighted by Crippen LogP contribution is 2.42. The molecule has 1 aliphatic heterocycles. The normalized spacial score (nSPS) is 17.4. The molecule has 1 fully saturated rings. The summed E-state index contributed by atoms with van der Waals surface area (Å²) in [5.74, 6) is -2.34. The standard InChI is InChI=1S/C25H20N2O5/c1-2-32-25(31)17-10-12-19(13-11-17)27-21(16-7-4-3-5-8-16)20(23(29)24(27)30)22(28)18-9-6-14-26-15-18/h3-15,21,28H,2H2,1H3. The van der Waals surface area contributed by atoms with Crippen LogP contribution in [0.4, 0.5) is 5.69 Å². The fourth-order valence-electron chi connectivity index (χ4n) is 3.68. The van der Waals surface area contributed by atoms with Gasteiger partial charge in [-0.1, -0.05) is 30.3 Å². The third-order valence-electron chi connectivity index (χ3n) is 5.15. The van der Waals surface area contributed by atoms with Crippen LogP contribution in [0, 0.1) is 0 Å². The summed E-state index contributed by atoms with van der Waals surface area (Å²) in [5.41, 5.74) is 1.72. The Bertz CT molecular complexity index is 1190. The summed E-state index contributed by atoms with van der Waals surface area (Å²) in [4.78, 5) is 43.4. The smallest absolute Gasteiger partial charge is 0.338 e. The number of esters is 1. The van der Waals surface area contributed by atoms with E-state index in [1.807, 2.05) is 6.07 Å². The number of pyridine rings is 1. The van der Waals surface area contributed by atoms with Crippen molar-refractivity contribution >= 4 is 29.1 Å². The van der Waals surface area contributed by atoms with Crippen molar-refractivity contribution in [1.29, 1.82) is 0 Å². The molecular weight excluding hydrogens is 408 g/mol. The Morgan fingerprint density at radius 2 is 1.72 bits per heavy atom. The molecule has 7 nitrogen and oxygen atoms in total. The number of ether oxygens (including phenoxy) is 1. The molecule has 7 heteroatoms. The molecule has 0 saturated carbocycles. The van der Waals surface area contributed by atoms with Gasteiger partial charge in [-0.25, -0.2) is 4.79 Å². The van der Waals surface area contributed by atoms with E-state index < -0.39 is 23.7 Å². The number of carbonyl (C=O) groups excluding carboxylic acids is 3. The zero-order valence-electron chi connectivity index (χ0n) is 17.3. The first kappa shape index (κ1) is 21.0. The van der Waals surface area contributed by atoms with Gasteiger partial charge in [0.25, 0.3) is 11.7 Å². The fourth-order valence-corrected chi connectivity index (χ4v) is 3.68. The molecule has 0 spiro atoms. The molecule has 1 saturated heterocycles. The van der Waals surface area contributed by atoms with Crippen LogP contribution in [-0.2, 0) is 14.3 Å². The highest BCUT2D eigenvalue weighted by molar-refractivity contribution is 6.51. The second kappa shape index (κ2) is 8.85. The van der Waals surface area contributed by atoms with Crippen LogP contribution in [0.15, 0.2) is 84.7 Å². The van der Waals surface area contributed by atoms with Gasteiger partial charge in [-0.2, -0.15) is 0 Å². The van der Waals surface area contributed by atoms with Crippen LogP contribution in [0.25, 0.3) is 5.76 Å². The summed E-state index contributed by atoms with van der Waals surface area (Å²) in [6, 6.07) is 17.6. The minimum atomic E-state index is -0.843. The van der Waals surface area contributed by atoms with Crippen molar-refractivity contribution in [3.63, 3.8) is 0 Å². The van der Waals surface area contributed by atoms with E-state index in [1.165, 1.54) is 23.2 Å². The second-order valence-electron chi connectivity index (χ2n) is 7.09. The Morgan fingerprint density at radius 3 is 2.34 bits per heavy atom. The Morgan fingerprint density at radius 1 is 1.00 bits per heavy atom. The number of hydrogen-bond donors (Lipinski definition) is 1. The maximum Gasteiger partial charge on any atom is 0.338 e. The molecule has 3 aromatic rings. The SMILES string of the molecule is CCOC(=O)c1ccc(N2C(=O)C(=O)C(=C(O)c3cccnc3)C2c2ccccc2)cc1. The summed E-state index contributed by atoms with van der Waals surface area (Å²) < 4.78 is 5.00. The Kier molecular flexibility index (Phi) is 5.81. The highest BCUT2D eigenvalue weighted by atomic mass is 16.5. The third kappa shape index (κ3) is 3.76. The van der Waals surface area contributed by atoms with Crippen molar-refractivity contribution < 1.29 is 24.2 Å². The van der Waals surface area contributed by atoms with Crippen LogP contribution in [-0.4, -0.2) is 34.4 Å². The van der Waals surface area contributed by atoms with Crippen LogP contribution < -0.4 is 4.90 Å². The van der Waals surface area contributed by atoms with E-state index >= 15 is 0 Å². The van der Waals surface area contributed by atoms with Gasteiger partial charge in [0.1, 0.15) is 5.76 Å². The van der Waals surface area contributed by atoms with Gasteiger partial charge in [0, 0.05) is 23.6 Å². The van der Waals surface area contributed by atoms with Gasteiger partial charge in [-0.15, -0.1) is 0 Å². The lowest BCUT2D eigenvalue weighted by molar-refractivity contribution is -0.132. The number of benzene rings is 2. The monoisotopic (exact) mass is 428 g/mol. The lowest BCUT2D eigenvalue weighted by atomic mass is 9.95. The number of anilines is 1. The molecule has 0 aliphatic carbocycles.